The molecule has 0 bridgehead atoms. The van der Waals surface area contributed by atoms with Crippen molar-refractivity contribution in [1.29, 1.82) is 0 Å². The van der Waals surface area contributed by atoms with E-state index in [1.165, 1.54) is 28.5 Å². The molecular formula is C22H17N3O4S. The van der Waals surface area contributed by atoms with E-state index in [0.29, 0.717) is 27.5 Å². The first kappa shape index (κ1) is 19.7. The van der Waals surface area contributed by atoms with Crippen LogP contribution in [0.3, 0.4) is 0 Å². The molecule has 3 aromatic carbocycles. The molecule has 30 heavy (non-hydrogen) atoms. The molecule has 150 valence electrons. The van der Waals surface area contributed by atoms with Gasteiger partial charge in [-0.15, -0.1) is 0 Å². The van der Waals surface area contributed by atoms with Gasteiger partial charge in [-0.25, -0.2) is 4.98 Å². The Bertz CT molecular complexity index is 1300. The van der Waals surface area contributed by atoms with Gasteiger partial charge in [-0.3, -0.25) is 19.5 Å². The highest BCUT2D eigenvalue weighted by Crippen LogP contribution is 2.29. The maximum atomic E-state index is 13.3. The van der Waals surface area contributed by atoms with Crippen molar-refractivity contribution in [3.63, 3.8) is 0 Å². The zero-order valence-electron chi connectivity index (χ0n) is 16.0. The minimum absolute atomic E-state index is 0.0896. The molecule has 4 rings (SSSR count). The van der Waals surface area contributed by atoms with Crippen LogP contribution in [0.25, 0.3) is 16.6 Å². The minimum Gasteiger partial charge on any atom is -0.496 e. The summed E-state index contributed by atoms with van der Waals surface area (Å²) in [5.74, 6) is 1.26. The lowest BCUT2D eigenvalue weighted by Gasteiger charge is -2.14. The van der Waals surface area contributed by atoms with Crippen molar-refractivity contribution in [3.05, 3.63) is 98.8 Å². The Hall–Kier alpha value is -3.65. The van der Waals surface area contributed by atoms with E-state index >= 15 is 0 Å². The molecule has 0 radical (unpaired) electrons. The second-order valence-corrected chi connectivity index (χ2v) is 7.37. The molecular weight excluding hydrogens is 402 g/mol. The maximum absolute atomic E-state index is 13.3. The molecule has 0 amide bonds. The van der Waals surface area contributed by atoms with Gasteiger partial charge in [-0.2, -0.15) is 0 Å². The van der Waals surface area contributed by atoms with Gasteiger partial charge in [0.2, 0.25) is 0 Å². The third-order valence-corrected chi connectivity index (χ3v) is 5.58. The summed E-state index contributed by atoms with van der Waals surface area (Å²) in [4.78, 5) is 28.7. The number of nitro groups is 1. The average molecular weight is 419 g/mol. The Kier molecular flexibility index (Phi) is 5.49. The van der Waals surface area contributed by atoms with Crippen molar-refractivity contribution in [2.24, 2.45) is 0 Å². The van der Waals surface area contributed by atoms with Crippen molar-refractivity contribution in [1.82, 2.24) is 9.55 Å². The van der Waals surface area contributed by atoms with E-state index in [-0.39, 0.29) is 11.2 Å². The summed E-state index contributed by atoms with van der Waals surface area (Å²) < 4.78 is 6.83. The number of hydrogen-bond donors (Lipinski definition) is 0. The fourth-order valence-electron chi connectivity index (χ4n) is 3.15. The summed E-state index contributed by atoms with van der Waals surface area (Å²) >= 11 is 1.37. The summed E-state index contributed by atoms with van der Waals surface area (Å²) in [5, 5.41) is 12.1. The van der Waals surface area contributed by atoms with Crippen LogP contribution in [0.1, 0.15) is 5.56 Å². The molecule has 0 fully saturated rings. The highest BCUT2D eigenvalue weighted by Gasteiger charge is 2.16. The maximum Gasteiger partial charge on any atom is 0.271 e. The fourth-order valence-corrected chi connectivity index (χ4v) is 4.15. The number of non-ortho nitro benzene ring substituents is 1. The van der Waals surface area contributed by atoms with E-state index in [0.717, 1.165) is 11.3 Å². The van der Waals surface area contributed by atoms with Crippen LogP contribution < -0.4 is 10.3 Å². The van der Waals surface area contributed by atoms with E-state index in [4.69, 9.17) is 4.74 Å². The molecule has 1 heterocycles. The summed E-state index contributed by atoms with van der Waals surface area (Å²) in [7, 11) is 1.61. The summed E-state index contributed by atoms with van der Waals surface area (Å²) in [6, 6.07) is 20.7. The Morgan fingerprint density at radius 1 is 1.07 bits per heavy atom. The van der Waals surface area contributed by atoms with Gasteiger partial charge in [-0.1, -0.05) is 48.2 Å². The van der Waals surface area contributed by atoms with Crippen molar-refractivity contribution in [2.75, 3.05) is 7.11 Å². The van der Waals surface area contributed by atoms with Crippen molar-refractivity contribution in [3.8, 4) is 11.4 Å². The van der Waals surface area contributed by atoms with Crippen LogP contribution in [-0.4, -0.2) is 21.6 Å². The molecule has 0 aliphatic heterocycles. The lowest BCUT2D eigenvalue weighted by atomic mass is 10.2. The Balaban J connectivity index is 1.85. The van der Waals surface area contributed by atoms with Crippen molar-refractivity contribution < 1.29 is 9.66 Å². The molecule has 0 atom stereocenters. The van der Waals surface area contributed by atoms with Crippen LogP contribution >= 0.6 is 11.8 Å². The largest absolute Gasteiger partial charge is 0.496 e. The van der Waals surface area contributed by atoms with Gasteiger partial charge in [-0.05, 0) is 24.3 Å². The zero-order valence-corrected chi connectivity index (χ0v) is 16.8. The number of methoxy groups -OCH3 is 1. The molecule has 4 aromatic rings. The molecule has 8 heteroatoms. The number of hydrogen-bond acceptors (Lipinski definition) is 6. The first-order valence-electron chi connectivity index (χ1n) is 9.10. The van der Waals surface area contributed by atoms with Crippen LogP contribution in [0.4, 0.5) is 5.69 Å². The molecule has 0 saturated carbocycles. The SMILES string of the molecule is COc1ccccc1CSc1nc2ccccc2c(=O)n1-c1cccc([N+](=O)[O-])c1. The van der Waals surface area contributed by atoms with Crippen LogP contribution in [-0.2, 0) is 5.75 Å². The van der Waals surface area contributed by atoms with E-state index in [1.807, 2.05) is 30.3 Å². The number of rotatable bonds is 6. The average Bonchev–Trinajstić information content (AvgIpc) is 2.78. The smallest absolute Gasteiger partial charge is 0.271 e. The molecule has 0 saturated heterocycles. The highest BCUT2D eigenvalue weighted by molar-refractivity contribution is 7.98. The molecule has 1 aromatic heterocycles. The molecule has 7 nitrogen and oxygen atoms in total. The van der Waals surface area contributed by atoms with Gasteiger partial charge in [0.15, 0.2) is 5.16 Å². The Morgan fingerprint density at radius 2 is 1.83 bits per heavy atom. The summed E-state index contributed by atoms with van der Waals surface area (Å²) in [6.07, 6.45) is 0. The number of ether oxygens (including phenoxy) is 1. The number of nitro benzene ring substituents is 1. The predicted molar refractivity (Wildman–Crippen MR) is 117 cm³/mol. The summed E-state index contributed by atoms with van der Waals surface area (Å²) in [6.45, 7) is 0. The molecule has 0 unspecified atom stereocenters. The second kappa shape index (κ2) is 8.38. The fraction of sp³-hybridized carbons (Fsp3) is 0.0909. The molecule has 0 N–H and O–H groups in total. The first-order chi connectivity index (χ1) is 14.6. The van der Waals surface area contributed by atoms with Crippen molar-refractivity contribution in [2.45, 2.75) is 10.9 Å². The number of benzene rings is 3. The van der Waals surface area contributed by atoms with Gasteiger partial charge in [0.05, 0.1) is 28.6 Å². The first-order valence-corrected chi connectivity index (χ1v) is 10.1. The lowest BCUT2D eigenvalue weighted by Crippen LogP contribution is -2.21. The topological polar surface area (TPSA) is 87.3 Å². The standard InChI is InChI=1S/C22H17N3O4S/c1-29-20-12-5-2-7-15(20)14-30-22-23-19-11-4-3-10-18(19)21(26)24(22)16-8-6-9-17(13-16)25(27)28/h2-13H,14H2,1H3. The van der Waals surface area contributed by atoms with Gasteiger partial charge < -0.3 is 4.74 Å². The second-order valence-electron chi connectivity index (χ2n) is 6.43. The van der Waals surface area contributed by atoms with Gasteiger partial charge in [0, 0.05) is 23.4 Å². The van der Waals surface area contributed by atoms with E-state index in [1.54, 1.807) is 37.4 Å². The molecule has 0 spiro atoms. The molecule has 0 aliphatic rings. The number of fused-ring (bicyclic) bond motifs is 1. The number of thioether (sulfide) groups is 1. The van der Waals surface area contributed by atoms with Crippen LogP contribution in [0, 0.1) is 10.1 Å². The van der Waals surface area contributed by atoms with Gasteiger partial charge in [0.25, 0.3) is 11.2 Å². The third-order valence-electron chi connectivity index (χ3n) is 4.59. The zero-order chi connectivity index (χ0) is 21.1. The highest BCUT2D eigenvalue weighted by atomic mass is 32.2. The predicted octanol–water partition coefficient (Wildman–Crippen LogP) is 4.59. The number of nitrogens with zero attached hydrogens (tertiary/aromatic N) is 3. The van der Waals surface area contributed by atoms with Crippen LogP contribution in [0.2, 0.25) is 0 Å². The Labute approximate surface area is 176 Å². The molecule has 0 aliphatic carbocycles. The summed E-state index contributed by atoms with van der Waals surface area (Å²) in [5.41, 5.74) is 1.57. The lowest BCUT2D eigenvalue weighted by molar-refractivity contribution is -0.384. The van der Waals surface area contributed by atoms with Crippen molar-refractivity contribution >= 4 is 28.4 Å². The van der Waals surface area contributed by atoms with Gasteiger partial charge >= 0.3 is 0 Å². The van der Waals surface area contributed by atoms with Gasteiger partial charge in [0.1, 0.15) is 5.75 Å². The normalized spacial score (nSPS) is 10.8. The quantitative estimate of drug-likeness (QED) is 0.197. The minimum atomic E-state index is -0.481. The van der Waals surface area contributed by atoms with Crippen LogP contribution in [0.15, 0.2) is 82.7 Å². The third kappa shape index (κ3) is 3.77. The van der Waals surface area contributed by atoms with Crippen LogP contribution in [0.5, 0.6) is 5.75 Å². The van der Waals surface area contributed by atoms with E-state index in [2.05, 4.69) is 4.98 Å². The number of aromatic nitrogens is 2. The van der Waals surface area contributed by atoms with E-state index in [9.17, 15) is 14.9 Å². The number of para-hydroxylation sites is 2. The van der Waals surface area contributed by atoms with E-state index < -0.39 is 4.92 Å². The Morgan fingerprint density at radius 3 is 2.63 bits per heavy atom. The monoisotopic (exact) mass is 419 g/mol.